The molecule has 0 bridgehead atoms. The van der Waals surface area contributed by atoms with E-state index < -0.39 is 0 Å². The lowest BCUT2D eigenvalue weighted by molar-refractivity contribution is 0.940. The van der Waals surface area contributed by atoms with Gasteiger partial charge in [0, 0.05) is 20.5 Å². The summed E-state index contributed by atoms with van der Waals surface area (Å²) in [5, 5.41) is 3.00. The quantitative estimate of drug-likeness (QED) is 0.468. The smallest absolute Gasteiger partial charge is 0.0956 e. The van der Waals surface area contributed by atoms with Gasteiger partial charge in [-0.3, -0.25) is 4.99 Å². The fraction of sp³-hybridized carbons (Fsp3) is 0.833. The van der Waals surface area contributed by atoms with E-state index in [4.69, 9.17) is 0 Å². The standard InChI is InChI=1S/C6H14N2.ClH/c1-4-5-6(7-2)8-3;/h4-5H2,1-3H3,(H,7,8);1H. The van der Waals surface area contributed by atoms with Crippen molar-refractivity contribution in [3.8, 4) is 0 Å². The highest BCUT2D eigenvalue weighted by Gasteiger charge is 1.87. The number of hydrogen-bond acceptors (Lipinski definition) is 1. The Bertz CT molecular complexity index is 81.1. The maximum Gasteiger partial charge on any atom is 0.0956 e. The zero-order valence-corrected chi connectivity index (χ0v) is 7.09. The highest BCUT2D eigenvalue weighted by atomic mass is 35.5. The summed E-state index contributed by atoms with van der Waals surface area (Å²) in [6.07, 6.45) is 2.22. The molecule has 0 fully saturated rings. The molecule has 0 aromatic heterocycles. The highest BCUT2D eigenvalue weighted by Crippen LogP contribution is 1.86. The first kappa shape index (κ1) is 11.5. The van der Waals surface area contributed by atoms with Crippen LogP contribution in [0.4, 0.5) is 0 Å². The SMILES string of the molecule is CCCC(=NC)NC.Cl. The Kier molecular flexibility index (Phi) is 9.95. The Hall–Kier alpha value is -0.240. The average Bonchev–Trinajstić information content (AvgIpc) is 1.83. The highest BCUT2D eigenvalue weighted by molar-refractivity contribution is 5.85. The third kappa shape index (κ3) is 5.63. The summed E-state index contributed by atoms with van der Waals surface area (Å²) in [5.74, 6) is 1.09. The van der Waals surface area contributed by atoms with Crippen molar-refractivity contribution in [2.24, 2.45) is 4.99 Å². The van der Waals surface area contributed by atoms with Crippen LogP contribution in [0.5, 0.6) is 0 Å². The summed E-state index contributed by atoms with van der Waals surface area (Å²) in [4.78, 5) is 4.00. The molecule has 0 aliphatic heterocycles. The number of hydrogen-bond donors (Lipinski definition) is 1. The van der Waals surface area contributed by atoms with Gasteiger partial charge in [-0.05, 0) is 6.42 Å². The van der Waals surface area contributed by atoms with E-state index in [0.717, 1.165) is 18.7 Å². The second-order valence-corrected chi connectivity index (χ2v) is 1.67. The molecular formula is C6H15ClN2. The largest absolute Gasteiger partial charge is 0.377 e. The first-order valence-electron chi connectivity index (χ1n) is 2.98. The molecule has 3 heteroatoms. The van der Waals surface area contributed by atoms with E-state index in [1.165, 1.54) is 0 Å². The molecule has 0 saturated carbocycles. The van der Waals surface area contributed by atoms with Crippen molar-refractivity contribution in [1.82, 2.24) is 5.32 Å². The average molecular weight is 151 g/mol. The van der Waals surface area contributed by atoms with E-state index in [9.17, 15) is 0 Å². The lowest BCUT2D eigenvalue weighted by Crippen LogP contribution is -2.17. The normalized spacial score (nSPS) is 10.3. The lowest BCUT2D eigenvalue weighted by atomic mass is 10.3. The fourth-order valence-corrected chi connectivity index (χ4v) is 0.585. The minimum absolute atomic E-state index is 0. The van der Waals surface area contributed by atoms with E-state index in [0.29, 0.717) is 0 Å². The zero-order chi connectivity index (χ0) is 6.41. The molecule has 56 valence electrons. The van der Waals surface area contributed by atoms with Gasteiger partial charge in [0.05, 0.1) is 5.84 Å². The van der Waals surface area contributed by atoms with Crippen molar-refractivity contribution >= 4 is 18.2 Å². The van der Waals surface area contributed by atoms with Crippen LogP contribution in [0.25, 0.3) is 0 Å². The molecule has 0 spiro atoms. The molecule has 0 radical (unpaired) electrons. The Balaban J connectivity index is 0. The number of amidine groups is 1. The van der Waals surface area contributed by atoms with Crippen LogP contribution in [-0.4, -0.2) is 19.9 Å². The van der Waals surface area contributed by atoms with Gasteiger partial charge in [-0.15, -0.1) is 12.4 Å². The van der Waals surface area contributed by atoms with E-state index in [2.05, 4.69) is 17.2 Å². The van der Waals surface area contributed by atoms with Crippen molar-refractivity contribution in [3.63, 3.8) is 0 Å². The summed E-state index contributed by atoms with van der Waals surface area (Å²) in [6.45, 7) is 2.14. The Morgan fingerprint density at radius 3 is 2.22 bits per heavy atom. The predicted octanol–water partition coefficient (Wildman–Crippen LogP) is 1.46. The van der Waals surface area contributed by atoms with Crippen molar-refractivity contribution in [2.45, 2.75) is 19.8 Å². The van der Waals surface area contributed by atoms with Gasteiger partial charge < -0.3 is 5.32 Å². The van der Waals surface area contributed by atoms with Crippen LogP contribution in [0.1, 0.15) is 19.8 Å². The minimum atomic E-state index is 0. The van der Waals surface area contributed by atoms with E-state index in [1.807, 2.05) is 14.1 Å². The number of halogens is 1. The van der Waals surface area contributed by atoms with Crippen molar-refractivity contribution in [3.05, 3.63) is 0 Å². The molecule has 0 unspecified atom stereocenters. The Morgan fingerprint density at radius 2 is 2.11 bits per heavy atom. The topological polar surface area (TPSA) is 24.4 Å². The molecule has 0 aliphatic carbocycles. The van der Waals surface area contributed by atoms with Crippen molar-refractivity contribution < 1.29 is 0 Å². The number of rotatable bonds is 2. The molecule has 0 heterocycles. The predicted molar refractivity (Wildman–Crippen MR) is 44.6 cm³/mol. The maximum atomic E-state index is 4.00. The van der Waals surface area contributed by atoms with Crippen LogP contribution >= 0.6 is 12.4 Å². The Morgan fingerprint density at radius 1 is 1.56 bits per heavy atom. The summed E-state index contributed by atoms with van der Waals surface area (Å²) >= 11 is 0. The second-order valence-electron chi connectivity index (χ2n) is 1.67. The van der Waals surface area contributed by atoms with E-state index >= 15 is 0 Å². The van der Waals surface area contributed by atoms with Crippen LogP contribution in [0, 0.1) is 0 Å². The van der Waals surface area contributed by atoms with Gasteiger partial charge in [0.1, 0.15) is 0 Å². The summed E-state index contributed by atoms with van der Waals surface area (Å²) in [7, 11) is 3.71. The van der Waals surface area contributed by atoms with Gasteiger partial charge in [-0.1, -0.05) is 6.92 Å². The number of nitrogens with one attached hydrogen (secondary N) is 1. The van der Waals surface area contributed by atoms with Crippen molar-refractivity contribution in [2.75, 3.05) is 14.1 Å². The molecule has 9 heavy (non-hydrogen) atoms. The van der Waals surface area contributed by atoms with Crippen LogP contribution in [0.15, 0.2) is 4.99 Å². The molecule has 0 aromatic rings. The number of aliphatic imine (C=N–C) groups is 1. The van der Waals surface area contributed by atoms with Crippen LogP contribution in [0.2, 0.25) is 0 Å². The van der Waals surface area contributed by atoms with Gasteiger partial charge in [-0.2, -0.15) is 0 Å². The van der Waals surface area contributed by atoms with Crippen LogP contribution in [0.3, 0.4) is 0 Å². The minimum Gasteiger partial charge on any atom is -0.377 e. The maximum absolute atomic E-state index is 4.00. The molecule has 1 N–H and O–H groups in total. The van der Waals surface area contributed by atoms with E-state index in [-0.39, 0.29) is 12.4 Å². The van der Waals surface area contributed by atoms with Crippen LogP contribution in [-0.2, 0) is 0 Å². The third-order valence-corrected chi connectivity index (χ3v) is 1.05. The first-order chi connectivity index (χ1) is 3.85. The summed E-state index contributed by atoms with van der Waals surface area (Å²) < 4.78 is 0. The van der Waals surface area contributed by atoms with Crippen LogP contribution < -0.4 is 5.32 Å². The Labute approximate surface area is 63.2 Å². The lowest BCUT2D eigenvalue weighted by Gasteiger charge is -1.99. The molecule has 0 amide bonds. The number of nitrogens with zero attached hydrogens (tertiary/aromatic N) is 1. The molecule has 0 saturated heterocycles. The monoisotopic (exact) mass is 150 g/mol. The van der Waals surface area contributed by atoms with E-state index in [1.54, 1.807) is 0 Å². The van der Waals surface area contributed by atoms with Gasteiger partial charge in [-0.25, -0.2) is 0 Å². The van der Waals surface area contributed by atoms with Crippen molar-refractivity contribution in [1.29, 1.82) is 0 Å². The van der Waals surface area contributed by atoms with Gasteiger partial charge in [0.2, 0.25) is 0 Å². The molecule has 0 aliphatic rings. The molecule has 0 atom stereocenters. The molecule has 0 aromatic carbocycles. The van der Waals surface area contributed by atoms with Gasteiger partial charge >= 0.3 is 0 Å². The molecular weight excluding hydrogens is 136 g/mol. The third-order valence-electron chi connectivity index (χ3n) is 1.05. The zero-order valence-electron chi connectivity index (χ0n) is 6.27. The summed E-state index contributed by atoms with van der Waals surface area (Å²) in [5.41, 5.74) is 0. The summed E-state index contributed by atoms with van der Waals surface area (Å²) in [6, 6.07) is 0. The fourth-order valence-electron chi connectivity index (χ4n) is 0.585. The first-order valence-corrected chi connectivity index (χ1v) is 2.98. The van der Waals surface area contributed by atoms with Gasteiger partial charge in [0.25, 0.3) is 0 Å². The second kappa shape index (κ2) is 7.76. The molecule has 2 nitrogen and oxygen atoms in total. The van der Waals surface area contributed by atoms with Gasteiger partial charge in [0.15, 0.2) is 0 Å². The molecule has 0 rings (SSSR count).